The summed E-state index contributed by atoms with van der Waals surface area (Å²) >= 11 is 1.98. The van der Waals surface area contributed by atoms with E-state index in [1.165, 1.54) is 50.1 Å². The maximum Gasteiger partial charge on any atom is 0.157 e. The Bertz CT molecular complexity index is 261. The van der Waals surface area contributed by atoms with Crippen LogP contribution < -0.4 is 5.32 Å². The first kappa shape index (κ1) is 16.9. The molecule has 2 nitrogen and oxygen atoms in total. The first-order valence-electron chi connectivity index (χ1n) is 8.18. The lowest BCUT2D eigenvalue weighted by atomic mass is 9.99. The van der Waals surface area contributed by atoms with E-state index in [9.17, 15) is 0 Å². The molecule has 0 radical (unpaired) electrons. The molecule has 1 rings (SSSR count). The number of hydrogen-bond acceptors (Lipinski definition) is 3. The number of aliphatic imine (C=N–C) groups is 1. The van der Waals surface area contributed by atoms with Gasteiger partial charge in [-0.3, -0.25) is 4.99 Å². The van der Waals surface area contributed by atoms with Gasteiger partial charge in [-0.1, -0.05) is 71.1 Å². The van der Waals surface area contributed by atoms with Gasteiger partial charge in [-0.15, -0.1) is 0 Å². The minimum Gasteiger partial charge on any atom is -0.362 e. The number of hydrogen-bond donors (Lipinski definition) is 1. The molecule has 0 saturated carbocycles. The molecule has 1 aliphatic rings. The first-order valence-corrected chi connectivity index (χ1v) is 9.06. The van der Waals surface area contributed by atoms with Crippen molar-refractivity contribution in [2.24, 2.45) is 10.9 Å². The monoisotopic (exact) mass is 284 g/mol. The van der Waals surface area contributed by atoms with Crippen LogP contribution in [0, 0.1) is 5.92 Å². The van der Waals surface area contributed by atoms with Gasteiger partial charge in [0.15, 0.2) is 5.17 Å². The summed E-state index contributed by atoms with van der Waals surface area (Å²) in [6.07, 6.45) is 9.25. The zero-order valence-corrected chi connectivity index (χ0v) is 14.1. The Labute approximate surface area is 124 Å². The molecule has 0 aromatic heterocycles. The van der Waals surface area contributed by atoms with Gasteiger partial charge in [0, 0.05) is 11.3 Å². The van der Waals surface area contributed by atoms with Crippen molar-refractivity contribution < 1.29 is 0 Å². The lowest BCUT2D eigenvalue weighted by molar-refractivity contribution is 0.479. The number of nitrogens with one attached hydrogen (secondary N) is 1. The van der Waals surface area contributed by atoms with Crippen molar-refractivity contribution >= 4 is 16.9 Å². The van der Waals surface area contributed by atoms with Crippen LogP contribution in [-0.4, -0.2) is 23.0 Å². The van der Waals surface area contributed by atoms with Gasteiger partial charge in [-0.2, -0.15) is 0 Å². The van der Waals surface area contributed by atoms with Gasteiger partial charge in [-0.25, -0.2) is 0 Å². The van der Waals surface area contributed by atoms with Crippen LogP contribution >= 0.6 is 11.8 Å². The van der Waals surface area contributed by atoms with Gasteiger partial charge in [-0.05, 0) is 19.3 Å². The van der Waals surface area contributed by atoms with Crippen LogP contribution in [0.1, 0.15) is 72.6 Å². The van der Waals surface area contributed by atoms with Crippen LogP contribution in [0.4, 0.5) is 0 Å². The predicted molar refractivity (Wildman–Crippen MR) is 89.1 cm³/mol. The van der Waals surface area contributed by atoms with Crippen molar-refractivity contribution in [2.75, 3.05) is 6.54 Å². The summed E-state index contributed by atoms with van der Waals surface area (Å²) in [4.78, 5) is 4.69. The molecule has 2 unspecified atom stereocenters. The van der Waals surface area contributed by atoms with Crippen LogP contribution in [0.2, 0.25) is 0 Å². The molecule has 1 aliphatic heterocycles. The highest BCUT2D eigenvalue weighted by Crippen LogP contribution is 2.30. The maximum atomic E-state index is 4.69. The van der Waals surface area contributed by atoms with E-state index in [1.54, 1.807) is 0 Å². The fraction of sp³-hybridized carbons (Fsp3) is 0.938. The minimum absolute atomic E-state index is 0.573. The van der Waals surface area contributed by atoms with Crippen LogP contribution in [0.15, 0.2) is 4.99 Å². The molecule has 1 heterocycles. The zero-order valence-electron chi connectivity index (χ0n) is 13.2. The fourth-order valence-electron chi connectivity index (χ4n) is 2.69. The third kappa shape index (κ3) is 6.20. The second-order valence-electron chi connectivity index (χ2n) is 5.77. The van der Waals surface area contributed by atoms with E-state index in [2.05, 4.69) is 38.0 Å². The second-order valence-corrected chi connectivity index (χ2v) is 7.00. The summed E-state index contributed by atoms with van der Waals surface area (Å²) in [5.41, 5.74) is 0. The zero-order chi connectivity index (χ0) is 14.1. The van der Waals surface area contributed by atoms with E-state index < -0.39 is 0 Å². The van der Waals surface area contributed by atoms with E-state index in [-0.39, 0.29) is 0 Å². The molecular weight excluding hydrogens is 252 g/mol. The Kier molecular flexibility index (Phi) is 8.60. The summed E-state index contributed by atoms with van der Waals surface area (Å²) in [5.74, 6) is 0.827. The Morgan fingerprint density at radius 3 is 2.58 bits per heavy atom. The van der Waals surface area contributed by atoms with Gasteiger partial charge in [0.05, 0.1) is 6.54 Å². The molecule has 0 spiro atoms. The smallest absolute Gasteiger partial charge is 0.157 e. The van der Waals surface area contributed by atoms with Crippen molar-refractivity contribution in [3.05, 3.63) is 0 Å². The Morgan fingerprint density at radius 1 is 1.21 bits per heavy atom. The molecule has 0 aromatic rings. The van der Waals surface area contributed by atoms with Crippen molar-refractivity contribution in [3.63, 3.8) is 0 Å². The summed E-state index contributed by atoms with van der Waals surface area (Å²) in [6, 6.07) is 0.573. The van der Waals surface area contributed by atoms with E-state index in [4.69, 9.17) is 0 Å². The molecule has 0 amide bonds. The largest absolute Gasteiger partial charge is 0.362 e. The number of unbranched alkanes of at least 4 members (excludes halogenated alkanes) is 3. The molecule has 1 N–H and O–H groups in total. The van der Waals surface area contributed by atoms with Crippen LogP contribution in [0.5, 0.6) is 0 Å². The molecule has 2 atom stereocenters. The normalized spacial score (nSPS) is 20.7. The Balaban J connectivity index is 2.20. The standard InChI is InChI=1S/C16H32N2S/c1-5-8-9-10-11-13(4)18-16-17-12-15(19-16)14(6-2)7-3/h13-15H,5-12H2,1-4H3,(H,17,18). The summed E-state index contributed by atoms with van der Waals surface area (Å²) in [6.45, 7) is 10.2. The Hall–Kier alpha value is -0.180. The maximum absolute atomic E-state index is 4.69. The van der Waals surface area contributed by atoms with Crippen LogP contribution in [0.3, 0.4) is 0 Å². The van der Waals surface area contributed by atoms with E-state index in [1.807, 2.05) is 11.8 Å². The number of thioether (sulfide) groups is 1. The van der Waals surface area contributed by atoms with Crippen molar-refractivity contribution in [2.45, 2.75) is 83.9 Å². The third-order valence-corrected chi connectivity index (χ3v) is 5.42. The minimum atomic E-state index is 0.573. The topological polar surface area (TPSA) is 24.4 Å². The van der Waals surface area contributed by atoms with Crippen molar-refractivity contribution in [1.29, 1.82) is 0 Å². The van der Waals surface area contributed by atoms with Gasteiger partial charge >= 0.3 is 0 Å². The fourth-order valence-corrected chi connectivity index (χ4v) is 4.12. The van der Waals surface area contributed by atoms with Gasteiger partial charge in [0.25, 0.3) is 0 Å². The predicted octanol–water partition coefficient (Wildman–Crippen LogP) is 4.84. The van der Waals surface area contributed by atoms with Crippen molar-refractivity contribution in [1.82, 2.24) is 5.32 Å². The summed E-state index contributed by atoms with van der Waals surface area (Å²) < 4.78 is 0. The van der Waals surface area contributed by atoms with Gasteiger partial charge in [0.1, 0.15) is 0 Å². The third-order valence-electron chi connectivity index (χ3n) is 4.11. The highest BCUT2D eigenvalue weighted by molar-refractivity contribution is 8.14. The first-order chi connectivity index (χ1) is 9.21. The summed E-state index contributed by atoms with van der Waals surface area (Å²) in [5, 5.41) is 5.51. The molecular formula is C16H32N2S. The number of rotatable bonds is 9. The second kappa shape index (κ2) is 9.68. The van der Waals surface area contributed by atoms with E-state index in [0.717, 1.165) is 12.5 Å². The molecule has 0 saturated heterocycles. The molecule has 19 heavy (non-hydrogen) atoms. The summed E-state index contributed by atoms with van der Waals surface area (Å²) in [7, 11) is 0. The SMILES string of the molecule is CCCCCCC(C)NC1=NCC(C(CC)CC)S1. The van der Waals surface area contributed by atoms with Crippen LogP contribution in [-0.2, 0) is 0 Å². The average molecular weight is 285 g/mol. The lowest BCUT2D eigenvalue weighted by Crippen LogP contribution is -2.30. The molecule has 112 valence electrons. The quantitative estimate of drug-likeness (QED) is 0.612. The Morgan fingerprint density at radius 2 is 1.95 bits per heavy atom. The van der Waals surface area contributed by atoms with Crippen molar-refractivity contribution in [3.8, 4) is 0 Å². The van der Waals surface area contributed by atoms with E-state index >= 15 is 0 Å². The molecule has 0 aromatic carbocycles. The van der Waals surface area contributed by atoms with Gasteiger partial charge in [0.2, 0.25) is 0 Å². The number of amidine groups is 1. The van der Waals surface area contributed by atoms with E-state index in [0.29, 0.717) is 11.3 Å². The highest BCUT2D eigenvalue weighted by atomic mass is 32.2. The molecule has 0 fully saturated rings. The number of nitrogens with zero attached hydrogens (tertiary/aromatic N) is 1. The molecule has 0 bridgehead atoms. The lowest BCUT2D eigenvalue weighted by Gasteiger charge is -2.19. The average Bonchev–Trinajstić information content (AvgIpc) is 2.84. The van der Waals surface area contributed by atoms with Crippen LogP contribution in [0.25, 0.3) is 0 Å². The highest BCUT2D eigenvalue weighted by Gasteiger charge is 2.26. The molecule has 0 aliphatic carbocycles. The molecule has 3 heteroatoms. The van der Waals surface area contributed by atoms with Gasteiger partial charge < -0.3 is 5.32 Å².